The number of aryl methyl sites for hydroxylation is 1. The first-order chi connectivity index (χ1) is 18.9. The lowest BCUT2D eigenvalue weighted by Gasteiger charge is -2.41. The maximum Gasteiger partial charge on any atom is 0.338 e. The van der Waals surface area contributed by atoms with E-state index in [0.29, 0.717) is 17.0 Å². The van der Waals surface area contributed by atoms with Crippen molar-refractivity contribution in [1.29, 1.82) is 0 Å². The van der Waals surface area contributed by atoms with Gasteiger partial charge in [0.15, 0.2) is 5.54 Å². The number of anilines is 1. The quantitative estimate of drug-likeness (QED) is 0.260. The van der Waals surface area contributed by atoms with Crippen molar-refractivity contribution in [3.63, 3.8) is 0 Å². The Morgan fingerprint density at radius 3 is 2.31 bits per heavy atom. The summed E-state index contributed by atoms with van der Waals surface area (Å²) in [6.45, 7) is 2.15. The van der Waals surface area contributed by atoms with Crippen LogP contribution in [0.25, 0.3) is 0 Å². The van der Waals surface area contributed by atoms with Crippen molar-refractivity contribution in [2.45, 2.75) is 70.3 Å². The SMILES string of the molecule is C#CC(c1ccccc1)(c1ccc(CCCC)cc1)N(C(=O)CCC1CCCC1)c1ccc(F)c(C(=O)O)c1. The number of carbonyl (C=O) groups excluding carboxylic acids is 1. The van der Waals surface area contributed by atoms with Crippen LogP contribution in [-0.2, 0) is 16.8 Å². The molecule has 0 heterocycles. The predicted molar refractivity (Wildman–Crippen MR) is 153 cm³/mol. The van der Waals surface area contributed by atoms with Gasteiger partial charge < -0.3 is 5.11 Å². The molecule has 0 radical (unpaired) electrons. The summed E-state index contributed by atoms with van der Waals surface area (Å²) in [5.41, 5.74) is 0.965. The zero-order valence-corrected chi connectivity index (χ0v) is 22.5. The number of hydrogen-bond donors (Lipinski definition) is 1. The molecule has 4 nitrogen and oxygen atoms in total. The Morgan fingerprint density at radius 2 is 1.69 bits per heavy atom. The average Bonchev–Trinajstić information content (AvgIpc) is 3.49. The zero-order valence-electron chi connectivity index (χ0n) is 22.5. The molecule has 1 atom stereocenters. The van der Waals surface area contributed by atoms with Crippen LogP contribution in [0.2, 0.25) is 0 Å². The normalized spacial score (nSPS) is 14.9. The van der Waals surface area contributed by atoms with Crippen LogP contribution in [0.1, 0.15) is 85.3 Å². The minimum Gasteiger partial charge on any atom is -0.478 e. The highest BCUT2D eigenvalue weighted by Gasteiger charge is 2.43. The van der Waals surface area contributed by atoms with Crippen molar-refractivity contribution in [1.82, 2.24) is 0 Å². The number of terminal acetylenes is 1. The number of aromatic carboxylic acids is 1. The summed E-state index contributed by atoms with van der Waals surface area (Å²) in [6.07, 6.45) is 15.0. The van der Waals surface area contributed by atoms with Crippen LogP contribution in [0.4, 0.5) is 10.1 Å². The predicted octanol–water partition coefficient (Wildman–Crippen LogP) is 7.75. The van der Waals surface area contributed by atoms with Gasteiger partial charge in [0.1, 0.15) is 5.82 Å². The Hall–Kier alpha value is -3.91. The molecule has 1 saturated carbocycles. The molecule has 1 fully saturated rings. The van der Waals surface area contributed by atoms with E-state index in [1.807, 2.05) is 54.6 Å². The molecule has 3 aromatic rings. The largest absolute Gasteiger partial charge is 0.478 e. The average molecular weight is 526 g/mol. The third kappa shape index (κ3) is 6.06. The summed E-state index contributed by atoms with van der Waals surface area (Å²) in [7, 11) is 0. The molecule has 0 saturated heterocycles. The molecule has 1 aliphatic carbocycles. The van der Waals surface area contributed by atoms with E-state index >= 15 is 0 Å². The molecule has 1 unspecified atom stereocenters. The number of rotatable bonds is 11. The van der Waals surface area contributed by atoms with Gasteiger partial charge in [-0.15, -0.1) is 6.42 Å². The minimum atomic E-state index is -1.40. The lowest BCUT2D eigenvalue weighted by Crippen LogP contribution is -2.50. The van der Waals surface area contributed by atoms with E-state index in [0.717, 1.165) is 44.6 Å². The van der Waals surface area contributed by atoms with Gasteiger partial charge in [-0.3, -0.25) is 9.69 Å². The van der Waals surface area contributed by atoms with Gasteiger partial charge in [-0.05, 0) is 60.1 Å². The first kappa shape index (κ1) is 28.1. The molecule has 5 heteroatoms. The summed E-state index contributed by atoms with van der Waals surface area (Å²) in [6, 6.07) is 21.1. The van der Waals surface area contributed by atoms with Crippen LogP contribution >= 0.6 is 0 Å². The molecule has 202 valence electrons. The van der Waals surface area contributed by atoms with Crippen molar-refractivity contribution in [2.24, 2.45) is 5.92 Å². The third-order valence-corrected chi connectivity index (χ3v) is 7.86. The number of nitrogens with zero attached hydrogens (tertiary/aromatic N) is 1. The Kier molecular flexibility index (Phi) is 9.19. The standard InChI is InChI=1S/C34H36FNO3/c1-3-5-11-26-16-19-28(20-17-26)34(4-2,27-14-7-6-8-15-27)36(32(37)23-18-25-12-9-10-13-25)29-21-22-31(35)30(24-29)33(38)39/h2,6-8,14-17,19-22,24-25H,3,5,9-13,18,23H2,1H3,(H,38,39). The van der Waals surface area contributed by atoms with Gasteiger partial charge in [-0.25, -0.2) is 9.18 Å². The number of carboxylic acid groups (broad SMARTS) is 1. The van der Waals surface area contributed by atoms with Crippen molar-refractivity contribution >= 4 is 17.6 Å². The third-order valence-electron chi connectivity index (χ3n) is 7.86. The fourth-order valence-corrected chi connectivity index (χ4v) is 5.71. The van der Waals surface area contributed by atoms with Crippen LogP contribution in [-0.4, -0.2) is 17.0 Å². The molecular formula is C34H36FNO3. The topological polar surface area (TPSA) is 57.6 Å². The number of halogens is 1. The summed E-state index contributed by atoms with van der Waals surface area (Å²) in [5.74, 6) is 0.936. The van der Waals surface area contributed by atoms with Gasteiger partial charge >= 0.3 is 5.97 Å². The molecular weight excluding hydrogens is 489 g/mol. The van der Waals surface area contributed by atoms with E-state index < -0.39 is 22.9 Å². The zero-order chi connectivity index (χ0) is 27.8. The lowest BCUT2D eigenvalue weighted by molar-refractivity contribution is -0.119. The van der Waals surface area contributed by atoms with E-state index in [9.17, 15) is 19.1 Å². The number of carbonyl (C=O) groups is 2. The number of amides is 1. The molecule has 0 bridgehead atoms. The van der Waals surface area contributed by atoms with Crippen molar-refractivity contribution < 1.29 is 19.1 Å². The number of carboxylic acids is 1. The molecule has 0 aromatic heterocycles. The lowest BCUT2D eigenvalue weighted by atomic mass is 9.80. The van der Waals surface area contributed by atoms with E-state index in [4.69, 9.17) is 6.42 Å². The van der Waals surface area contributed by atoms with Crippen LogP contribution in [0.5, 0.6) is 0 Å². The molecule has 1 N–H and O–H groups in total. The molecule has 39 heavy (non-hydrogen) atoms. The van der Waals surface area contributed by atoms with Crippen LogP contribution in [0.15, 0.2) is 72.8 Å². The van der Waals surface area contributed by atoms with E-state index in [1.165, 1.54) is 35.4 Å². The Labute approximate surface area is 230 Å². The fraction of sp³-hybridized carbons (Fsp3) is 0.353. The van der Waals surface area contributed by atoms with E-state index in [1.54, 1.807) is 0 Å². The van der Waals surface area contributed by atoms with Gasteiger partial charge in [0.05, 0.1) is 5.56 Å². The number of hydrogen-bond acceptors (Lipinski definition) is 2. The van der Waals surface area contributed by atoms with E-state index in [2.05, 4.69) is 12.8 Å². The smallest absolute Gasteiger partial charge is 0.338 e. The van der Waals surface area contributed by atoms with Gasteiger partial charge in [0.25, 0.3) is 0 Å². The van der Waals surface area contributed by atoms with Crippen molar-refractivity contribution in [3.05, 3.63) is 101 Å². The van der Waals surface area contributed by atoms with Gasteiger partial charge in [-0.2, -0.15) is 0 Å². The first-order valence-corrected chi connectivity index (χ1v) is 13.9. The van der Waals surface area contributed by atoms with Crippen LogP contribution in [0.3, 0.4) is 0 Å². The molecule has 0 aliphatic heterocycles. The van der Waals surface area contributed by atoms with Crippen molar-refractivity contribution in [2.75, 3.05) is 4.90 Å². The van der Waals surface area contributed by atoms with Gasteiger partial charge in [0, 0.05) is 12.1 Å². The molecule has 4 rings (SSSR count). The Bertz CT molecular complexity index is 1320. The van der Waals surface area contributed by atoms with Crippen LogP contribution in [0, 0.1) is 24.1 Å². The first-order valence-electron chi connectivity index (χ1n) is 13.9. The monoisotopic (exact) mass is 525 g/mol. The van der Waals surface area contributed by atoms with Gasteiger partial charge in [-0.1, -0.05) is 99.5 Å². The molecule has 3 aromatic carbocycles. The maximum absolute atomic E-state index is 14.5. The second-order valence-corrected chi connectivity index (χ2v) is 10.4. The fourth-order valence-electron chi connectivity index (χ4n) is 5.71. The second kappa shape index (κ2) is 12.8. The highest BCUT2D eigenvalue weighted by molar-refractivity contribution is 5.98. The summed E-state index contributed by atoms with van der Waals surface area (Å²) >= 11 is 0. The van der Waals surface area contributed by atoms with Crippen molar-refractivity contribution in [3.8, 4) is 12.3 Å². The maximum atomic E-state index is 14.5. The molecule has 1 amide bonds. The highest BCUT2D eigenvalue weighted by Crippen LogP contribution is 2.41. The van der Waals surface area contributed by atoms with E-state index in [-0.39, 0.29) is 18.0 Å². The number of unbranched alkanes of at least 4 members (excludes halogenated alkanes) is 1. The summed E-state index contributed by atoms with van der Waals surface area (Å²) < 4.78 is 14.5. The summed E-state index contributed by atoms with van der Waals surface area (Å²) in [5, 5.41) is 9.67. The van der Waals surface area contributed by atoms with Crippen LogP contribution < -0.4 is 4.90 Å². The highest BCUT2D eigenvalue weighted by atomic mass is 19.1. The Balaban J connectivity index is 1.90. The van der Waals surface area contributed by atoms with Gasteiger partial charge in [0.2, 0.25) is 5.91 Å². The number of benzene rings is 3. The molecule has 0 spiro atoms. The minimum absolute atomic E-state index is 0.221. The molecule has 1 aliphatic rings. The second-order valence-electron chi connectivity index (χ2n) is 10.4. The summed E-state index contributed by atoms with van der Waals surface area (Å²) in [4.78, 5) is 27.6. The Morgan fingerprint density at radius 1 is 1.03 bits per heavy atom.